The lowest BCUT2D eigenvalue weighted by molar-refractivity contribution is -0.385. The number of hydrogen-bond acceptors (Lipinski definition) is 4. The van der Waals surface area contributed by atoms with Crippen molar-refractivity contribution in [3.63, 3.8) is 0 Å². The summed E-state index contributed by atoms with van der Waals surface area (Å²) in [6.45, 7) is 6.74. The van der Waals surface area contributed by atoms with Crippen molar-refractivity contribution in [2.45, 2.75) is 0 Å². The molecule has 102 valence electrons. The third-order valence-electron chi connectivity index (χ3n) is 3.37. The summed E-state index contributed by atoms with van der Waals surface area (Å²) in [4.78, 5) is 14.9. The van der Waals surface area contributed by atoms with Crippen molar-refractivity contribution in [1.29, 1.82) is 0 Å². The van der Waals surface area contributed by atoms with Crippen molar-refractivity contribution in [2.75, 3.05) is 38.6 Å². The molecule has 1 aromatic carbocycles. The highest BCUT2D eigenvalue weighted by Crippen LogP contribution is 2.30. The highest BCUT2D eigenvalue weighted by molar-refractivity contribution is 5.66. The monoisotopic (exact) mass is 261 g/mol. The predicted molar refractivity (Wildman–Crippen MR) is 77.4 cm³/mol. The Labute approximate surface area is 113 Å². The van der Waals surface area contributed by atoms with Gasteiger partial charge in [-0.3, -0.25) is 10.1 Å². The normalized spacial score (nSPS) is 15.4. The molecule has 1 aliphatic heterocycles. The minimum atomic E-state index is -0.369. The fourth-order valence-corrected chi connectivity index (χ4v) is 2.48. The molecule has 0 unspecified atom stereocenters. The lowest BCUT2D eigenvalue weighted by atomic mass is 9.98. The van der Waals surface area contributed by atoms with Crippen molar-refractivity contribution in [3.8, 4) is 0 Å². The topological polar surface area (TPSA) is 49.6 Å². The van der Waals surface area contributed by atoms with Gasteiger partial charge < -0.3 is 9.80 Å². The Kier molecular flexibility index (Phi) is 3.85. The van der Waals surface area contributed by atoms with Gasteiger partial charge >= 0.3 is 0 Å². The van der Waals surface area contributed by atoms with E-state index in [1.54, 1.807) is 12.1 Å². The van der Waals surface area contributed by atoms with E-state index in [2.05, 4.69) is 30.5 Å². The zero-order valence-corrected chi connectivity index (χ0v) is 11.4. The third-order valence-corrected chi connectivity index (χ3v) is 3.37. The van der Waals surface area contributed by atoms with E-state index in [4.69, 9.17) is 0 Å². The summed E-state index contributed by atoms with van der Waals surface area (Å²) >= 11 is 0. The Balaban J connectivity index is 2.07. The number of hydrogen-bond donors (Lipinski definition) is 0. The summed E-state index contributed by atoms with van der Waals surface area (Å²) in [7, 11) is 4.15. The van der Waals surface area contributed by atoms with Crippen LogP contribution in [0.4, 0.5) is 11.4 Å². The predicted octanol–water partition coefficient (Wildman–Crippen LogP) is 2.24. The van der Waals surface area contributed by atoms with Crippen molar-refractivity contribution in [3.05, 3.63) is 40.5 Å². The van der Waals surface area contributed by atoms with Gasteiger partial charge in [0, 0.05) is 37.3 Å². The van der Waals surface area contributed by atoms with E-state index >= 15 is 0 Å². The van der Waals surface area contributed by atoms with Crippen LogP contribution in [0.15, 0.2) is 24.8 Å². The smallest absolute Gasteiger partial charge is 0.276 e. The Hall–Kier alpha value is -1.88. The molecule has 5 nitrogen and oxygen atoms in total. The molecule has 0 aromatic heterocycles. The number of nitro benzene ring substituents is 1. The number of rotatable bonds is 5. The molecular weight excluding hydrogens is 242 g/mol. The van der Waals surface area contributed by atoms with Gasteiger partial charge in [-0.05, 0) is 26.2 Å². The molecule has 1 fully saturated rings. The number of benzene rings is 1. The van der Waals surface area contributed by atoms with E-state index in [1.165, 1.54) is 0 Å². The van der Waals surface area contributed by atoms with Crippen LogP contribution in [0.25, 0.3) is 6.08 Å². The van der Waals surface area contributed by atoms with E-state index in [0.717, 1.165) is 25.3 Å². The largest absolute Gasteiger partial charge is 0.371 e. The fourth-order valence-electron chi connectivity index (χ4n) is 2.48. The van der Waals surface area contributed by atoms with Gasteiger partial charge in [-0.2, -0.15) is 0 Å². The zero-order chi connectivity index (χ0) is 14.0. The first-order chi connectivity index (χ1) is 9.01. The highest BCUT2D eigenvalue weighted by Gasteiger charge is 2.28. The van der Waals surface area contributed by atoms with E-state index < -0.39 is 0 Å². The molecule has 2 rings (SSSR count). The van der Waals surface area contributed by atoms with Gasteiger partial charge in [0.05, 0.1) is 10.5 Å². The lowest BCUT2D eigenvalue weighted by Gasteiger charge is -2.42. The van der Waals surface area contributed by atoms with Crippen molar-refractivity contribution in [2.24, 2.45) is 5.92 Å². The van der Waals surface area contributed by atoms with Gasteiger partial charge in [-0.1, -0.05) is 12.7 Å². The van der Waals surface area contributed by atoms with Crippen LogP contribution in [-0.4, -0.2) is 43.6 Å². The highest BCUT2D eigenvalue weighted by atomic mass is 16.6. The summed E-state index contributed by atoms with van der Waals surface area (Å²) < 4.78 is 0. The molecule has 1 heterocycles. The molecule has 0 radical (unpaired) electrons. The van der Waals surface area contributed by atoms with Crippen LogP contribution >= 0.6 is 0 Å². The average Bonchev–Trinajstić information content (AvgIpc) is 2.32. The van der Waals surface area contributed by atoms with Gasteiger partial charge in [-0.25, -0.2) is 0 Å². The molecule has 1 aliphatic rings. The third kappa shape index (κ3) is 2.93. The van der Waals surface area contributed by atoms with Gasteiger partial charge in [-0.15, -0.1) is 0 Å². The second-order valence-corrected chi connectivity index (χ2v) is 5.24. The fraction of sp³-hybridized carbons (Fsp3) is 0.429. The summed E-state index contributed by atoms with van der Waals surface area (Å²) in [6, 6.07) is 5.22. The Morgan fingerprint density at radius 1 is 1.53 bits per heavy atom. The second-order valence-electron chi connectivity index (χ2n) is 5.24. The number of anilines is 1. The van der Waals surface area contributed by atoms with E-state index in [9.17, 15) is 10.1 Å². The van der Waals surface area contributed by atoms with E-state index in [0.29, 0.717) is 11.5 Å². The van der Waals surface area contributed by atoms with Crippen molar-refractivity contribution >= 4 is 17.5 Å². The maximum atomic E-state index is 10.9. The molecule has 0 N–H and O–H groups in total. The molecule has 5 heteroatoms. The first-order valence-corrected chi connectivity index (χ1v) is 6.32. The number of nitrogens with zero attached hydrogens (tertiary/aromatic N) is 3. The molecule has 0 saturated carbocycles. The molecule has 0 atom stereocenters. The molecule has 0 bridgehead atoms. The van der Waals surface area contributed by atoms with E-state index in [-0.39, 0.29) is 10.6 Å². The Morgan fingerprint density at radius 2 is 2.21 bits per heavy atom. The van der Waals surface area contributed by atoms with Gasteiger partial charge in [0.1, 0.15) is 0 Å². The average molecular weight is 261 g/mol. The maximum absolute atomic E-state index is 10.9. The first kappa shape index (κ1) is 13.5. The first-order valence-electron chi connectivity index (χ1n) is 6.32. The van der Waals surface area contributed by atoms with Crippen LogP contribution in [0.5, 0.6) is 0 Å². The van der Waals surface area contributed by atoms with Crippen LogP contribution in [0.3, 0.4) is 0 Å². The van der Waals surface area contributed by atoms with Crippen LogP contribution in [0.1, 0.15) is 5.56 Å². The molecule has 1 saturated heterocycles. The second kappa shape index (κ2) is 5.40. The standard InChI is InChI=1S/C14H19N3O2/c1-4-12-7-13(5-6-14(12)17(18)19)16-9-11(10-16)8-15(2)3/h4-7,11H,1,8-10H2,2-3H3. The summed E-state index contributed by atoms with van der Waals surface area (Å²) in [5.41, 5.74) is 1.73. The van der Waals surface area contributed by atoms with Crippen molar-refractivity contribution in [1.82, 2.24) is 4.90 Å². The van der Waals surface area contributed by atoms with Crippen LogP contribution in [0, 0.1) is 16.0 Å². The van der Waals surface area contributed by atoms with Crippen molar-refractivity contribution < 1.29 is 4.92 Å². The van der Waals surface area contributed by atoms with Gasteiger partial charge in [0.15, 0.2) is 0 Å². The summed E-state index contributed by atoms with van der Waals surface area (Å²) in [6.07, 6.45) is 1.54. The van der Waals surface area contributed by atoms with Crippen LogP contribution < -0.4 is 4.90 Å². The molecule has 19 heavy (non-hydrogen) atoms. The molecule has 0 spiro atoms. The quantitative estimate of drug-likeness (QED) is 0.602. The zero-order valence-electron chi connectivity index (χ0n) is 11.4. The SMILES string of the molecule is C=Cc1cc(N2CC(CN(C)C)C2)ccc1[N+](=O)[O-]. The maximum Gasteiger partial charge on any atom is 0.276 e. The van der Waals surface area contributed by atoms with Crippen LogP contribution in [0.2, 0.25) is 0 Å². The number of nitro groups is 1. The molecule has 0 aliphatic carbocycles. The lowest BCUT2D eigenvalue weighted by Crippen LogP contribution is -2.50. The molecule has 0 amide bonds. The van der Waals surface area contributed by atoms with Gasteiger partial charge in [0.25, 0.3) is 5.69 Å². The molecular formula is C14H19N3O2. The minimum absolute atomic E-state index is 0.115. The molecule has 1 aromatic rings. The Bertz CT molecular complexity index is 493. The van der Waals surface area contributed by atoms with Gasteiger partial charge in [0.2, 0.25) is 0 Å². The summed E-state index contributed by atoms with van der Waals surface area (Å²) in [5, 5.41) is 10.9. The van der Waals surface area contributed by atoms with Crippen LogP contribution in [-0.2, 0) is 0 Å². The minimum Gasteiger partial charge on any atom is -0.371 e. The van der Waals surface area contributed by atoms with E-state index in [1.807, 2.05) is 12.1 Å². The summed E-state index contributed by atoms with van der Waals surface area (Å²) in [5.74, 6) is 0.678. The Morgan fingerprint density at radius 3 is 2.74 bits per heavy atom.